The van der Waals surface area contributed by atoms with E-state index in [-0.39, 0.29) is 17.0 Å². The molecule has 0 saturated carbocycles. The van der Waals surface area contributed by atoms with Gasteiger partial charge in [0.2, 0.25) is 5.91 Å². The Bertz CT molecular complexity index is 1170. The van der Waals surface area contributed by atoms with Crippen LogP contribution in [0.15, 0.2) is 48.0 Å². The zero-order chi connectivity index (χ0) is 23.5. The number of carbonyl (C=O) groups excluding carboxylic acids is 2. The van der Waals surface area contributed by atoms with Gasteiger partial charge in [0, 0.05) is 17.7 Å². The molecule has 0 atom stereocenters. The topological polar surface area (TPSA) is 111 Å². The number of para-hydroxylation sites is 1. The third kappa shape index (κ3) is 4.26. The molecule has 10 heteroatoms. The number of amides is 2. The standard InChI is InChI=1S/C22H24N2O7S/c1-14-21(15-8-10-17(29-2)11-9-15)32(27,28)24(22(14)26)13-19(25)23-12-16-6-5-7-18(30-3)20(16)31-4/h5-11H,12-13H2,1-4H3,(H,23,25). The maximum absolute atomic E-state index is 13.1. The van der Waals surface area contributed by atoms with Crippen molar-refractivity contribution in [1.29, 1.82) is 0 Å². The number of benzene rings is 2. The summed E-state index contributed by atoms with van der Waals surface area (Å²) in [6.07, 6.45) is 0. The number of hydrogen-bond donors (Lipinski definition) is 1. The molecular formula is C22H24N2O7S. The van der Waals surface area contributed by atoms with Crippen molar-refractivity contribution >= 4 is 26.7 Å². The van der Waals surface area contributed by atoms with Gasteiger partial charge in [-0.2, -0.15) is 0 Å². The summed E-state index contributed by atoms with van der Waals surface area (Å²) in [4.78, 5) is 25.1. The lowest BCUT2D eigenvalue weighted by Crippen LogP contribution is -2.40. The van der Waals surface area contributed by atoms with Gasteiger partial charge in [-0.1, -0.05) is 12.1 Å². The second kappa shape index (κ2) is 9.31. The highest BCUT2D eigenvalue weighted by molar-refractivity contribution is 7.99. The third-order valence-electron chi connectivity index (χ3n) is 5.04. The van der Waals surface area contributed by atoms with Crippen LogP contribution in [0.3, 0.4) is 0 Å². The van der Waals surface area contributed by atoms with E-state index in [4.69, 9.17) is 14.2 Å². The second-order valence-corrected chi connectivity index (χ2v) is 8.73. The number of hydrogen-bond acceptors (Lipinski definition) is 7. The first-order chi connectivity index (χ1) is 15.2. The molecular weight excluding hydrogens is 436 g/mol. The molecule has 1 heterocycles. The van der Waals surface area contributed by atoms with Gasteiger partial charge in [0.25, 0.3) is 15.9 Å². The molecule has 0 spiro atoms. The molecule has 0 aliphatic carbocycles. The monoisotopic (exact) mass is 460 g/mol. The van der Waals surface area contributed by atoms with E-state index in [1.165, 1.54) is 28.3 Å². The number of nitrogens with zero attached hydrogens (tertiary/aromatic N) is 1. The van der Waals surface area contributed by atoms with Crippen LogP contribution in [0.1, 0.15) is 18.1 Å². The molecule has 3 rings (SSSR count). The first kappa shape index (κ1) is 23.1. The summed E-state index contributed by atoms with van der Waals surface area (Å²) in [5, 5.41) is 2.63. The van der Waals surface area contributed by atoms with Gasteiger partial charge in [0.15, 0.2) is 11.5 Å². The summed E-state index contributed by atoms with van der Waals surface area (Å²) in [7, 11) is 0.293. The zero-order valence-electron chi connectivity index (χ0n) is 18.2. The minimum Gasteiger partial charge on any atom is -0.497 e. The normalized spacial score (nSPS) is 15.0. The quantitative estimate of drug-likeness (QED) is 0.641. The highest BCUT2D eigenvalue weighted by atomic mass is 32.2. The molecule has 0 radical (unpaired) electrons. The third-order valence-corrected chi connectivity index (χ3v) is 6.97. The Hall–Kier alpha value is -3.53. The average molecular weight is 461 g/mol. The Balaban J connectivity index is 1.76. The predicted octanol–water partition coefficient (Wildman–Crippen LogP) is 1.93. The van der Waals surface area contributed by atoms with Gasteiger partial charge >= 0.3 is 0 Å². The average Bonchev–Trinajstić information content (AvgIpc) is 2.96. The van der Waals surface area contributed by atoms with Crippen LogP contribution in [0.5, 0.6) is 17.2 Å². The number of carbonyl (C=O) groups is 2. The van der Waals surface area contributed by atoms with E-state index in [1.807, 2.05) is 0 Å². The van der Waals surface area contributed by atoms with Gasteiger partial charge in [-0.25, -0.2) is 12.7 Å². The van der Waals surface area contributed by atoms with Crippen molar-refractivity contribution in [1.82, 2.24) is 9.62 Å². The molecule has 1 aliphatic rings. The molecule has 0 fully saturated rings. The van der Waals surface area contributed by atoms with Crippen LogP contribution in [0.4, 0.5) is 0 Å². The van der Waals surface area contributed by atoms with Gasteiger partial charge in [0.05, 0.1) is 21.3 Å². The Kier molecular flexibility index (Phi) is 6.73. The maximum Gasteiger partial charge on any atom is 0.268 e. The number of methoxy groups -OCH3 is 3. The molecule has 0 unspecified atom stereocenters. The van der Waals surface area contributed by atoms with Crippen molar-refractivity contribution in [2.45, 2.75) is 13.5 Å². The highest BCUT2D eigenvalue weighted by Gasteiger charge is 2.43. The largest absolute Gasteiger partial charge is 0.497 e. The number of sulfonamides is 1. The lowest BCUT2D eigenvalue weighted by atomic mass is 10.1. The highest BCUT2D eigenvalue weighted by Crippen LogP contribution is 2.36. The number of rotatable bonds is 8. The van der Waals surface area contributed by atoms with E-state index < -0.39 is 28.4 Å². The van der Waals surface area contributed by atoms with Gasteiger partial charge in [-0.15, -0.1) is 0 Å². The summed E-state index contributed by atoms with van der Waals surface area (Å²) >= 11 is 0. The van der Waals surface area contributed by atoms with Crippen molar-refractivity contribution < 1.29 is 32.2 Å². The lowest BCUT2D eigenvalue weighted by molar-refractivity contribution is -0.128. The van der Waals surface area contributed by atoms with Crippen LogP contribution in [0, 0.1) is 0 Å². The summed E-state index contributed by atoms with van der Waals surface area (Å²) in [5.41, 5.74) is 1.04. The number of ether oxygens (including phenoxy) is 3. The maximum atomic E-state index is 13.1. The van der Waals surface area contributed by atoms with Crippen LogP contribution in [-0.4, -0.2) is 52.4 Å². The summed E-state index contributed by atoms with van der Waals surface area (Å²) in [6, 6.07) is 11.5. The van der Waals surface area contributed by atoms with E-state index in [1.54, 1.807) is 42.5 Å². The Morgan fingerprint density at radius 3 is 2.28 bits per heavy atom. The van der Waals surface area contributed by atoms with E-state index >= 15 is 0 Å². The smallest absolute Gasteiger partial charge is 0.268 e. The van der Waals surface area contributed by atoms with Crippen molar-refractivity contribution in [2.75, 3.05) is 27.9 Å². The Morgan fingerprint density at radius 2 is 1.69 bits per heavy atom. The molecule has 9 nitrogen and oxygen atoms in total. The molecule has 0 bridgehead atoms. The van der Waals surface area contributed by atoms with Crippen LogP contribution in [0.25, 0.3) is 4.91 Å². The molecule has 0 aromatic heterocycles. The second-order valence-electron chi connectivity index (χ2n) is 6.93. The van der Waals surface area contributed by atoms with E-state index in [0.717, 1.165) is 0 Å². The van der Waals surface area contributed by atoms with Crippen LogP contribution in [0.2, 0.25) is 0 Å². The molecule has 2 aromatic rings. The predicted molar refractivity (Wildman–Crippen MR) is 118 cm³/mol. The fourth-order valence-corrected chi connectivity index (χ4v) is 5.21. The summed E-state index contributed by atoms with van der Waals surface area (Å²) in [6.45, 7) is 0.863. The van der Waals surface area contributed by atoms with E-state index in [0.29, 0.717) is 32.7 Å². The van der Waals surface area contributed by atoms with Gasteiger partial charge in [-0.3, -0.25) is 9.59 Å². The molecule has 2 amide bonds. The fourth-order valence-electron chi connectivity index (χ4n) is 3.43. The zero-order valence-corrected chi connectivity index (χ0v) is 19.0. The number of nitrogens with one attached hydrogen (secondary N) is 1. The summed E-state index contributed by atoms with van der Waals surface area (Å²) in [5.74, 6) is 0.151. The van der Waals surface area contributed by atoms with Crippen molar-refractivity contribution in [2.24, 2.45) is 0 Å². The minimum absolute atomic E-state index is 0.0532. The van der Waals surface area contributed by atoms with Crippen LogP contribution in [-0.2, 0) is 26.2 Å². The molecule has 1 aliphatic heterocycles. The Labute approximate surface area is 186 Å². The van der Waals surface area contributed by atoms with E-state index in [9.17, 15) is 18.0 Å². The van der Waals surface area contributed by atoms with Crippen molar-refractivity contribution in [3.8, 4) is 17.2 Å². The van der Waals surface area contributed by atoms with Gasteiger partial charge < -0.3 is 19.5 Å². The van der Waals surface area contributed by atoms with Crippen LogP contribution >= 0.6 is 0 Å². The SMILES string of the molecule is COc1ccc(C2=C(C)C(=O)N(CC(=O)NCc3cccc(OC)c3OC)S2(=O)=O)cc1. The first-order valence-electron chi connectivity index (χ1n) is 9.63. The fraction of sp³-hybridized carbons (Fsp3) is 0.273. The molecule has 170 valence electrons. The minimum atomic E-state index is -4.18. The molecule has 2 aromatic carbocycles. The van der Waals surface area contributed by atoms with Gasteiger partial charge in [-0.05, 0) is 42.8 Å². The van der Waals surface area contributed by atoms with E-state index in [2.05, 4.69) is 5.32 Å². The van der Waals surface area contributed by atoms with Crippen molar-refractivity contribution in [3.63, 3.8) is 0 Å². The first-order valence-corrected chi connectivity index (χ1v) is 11.1. The lowest BCUT2D eigenvalue weighted by Gasteiger charge is -2.17. The molecule has 32 heavy (non-hydrogen) atoms. The molecule has 1 N–H and O–H groups in total. The van der Waals surface area contributed by atoms with Gasteiger partial charge in [0.1, 0.15) is 17.2 Å². The molecule has 0 saturated heterocycles. The van der Waals surface area contributed by atoms with Crippen LogP contribution < -0.4 is 19.5 Å². The summed E-state index contributed by atoms with van der Waals surface area (Å²) < 4.78 is 42.3. The Morgan fingerprint density at radius 1 is 1.00 bits per heavy atom. The van der Waals surface area contributed by atoms with Crippen molar-refractivity contribution in [3.05, 3.63) is 59.2 Å².